The first kappa shape index (κ1) is 21.9. The Morgan fingerprint density at radius 1 is 1.12 bits per heavy atom. The van der Waals surface area contributed by atoms with Crippen molar-refractivity contribution in [2.75, 3.05) is 18.4 Å². The van der Waals surface area contributed by atoms with E-state index in [4.69, 9.17) is 4.74 Å². The van der Waals surface area contributed by atoms with Gasteiger partial charge in [0.25, 0.3) is 5.91 Å². The van der Waals surface area contributed by atoms with Crippen molar-refractivity contribution in [1.82, 2.24) is 14.9 Å². The highest BCUT2D eigenvalue weighted by Crippen LogP contribution is 2.36. The maximum Gasteiger partial charge on any atom is 0.257 e. The molecule has 0 bridgehead atoms. The Labute approximate surface area is 189 Å². The molecule has 164 valence electrons. The third-order valence-corrected chi connectivity index (χ3v) is 6.16. The monoisotopic (exact) mass is 450 g/mol. The first-order valence-electron chi connectivity index (χ1n) is 10.4. The Morgan fingerprint density at radius 2 is 1.97 bits per heavy atom. The van der Waals surface area contributed by atoms with E-state index in [1.807, 2.05) is 0 Å². The molecule has 3 aromatic heterocycles. The van der Waals surface area contributed by atoms with Gasteiger partial charge in [-0.2, -0.15) is 0 Å². The van der Waals surface area contributed by atoms with Gasteiger partial charge in [-0.3, -0.25) is 19.7 Å². The second-order valence-corrected chi connectivity index (χ2v) is 8.28. The molecule has 8 heteroatoms. The fourth-order valence-corrected chi connectivity index (χ4v) is 4.38. The third-order valence-electron chi connectivity index (χ3n) is 5.03. The van der Waals surface area contributed by atoms with Gasteiger partial charge in [-0.25, -0.2) is 4.39 Å². The number of anilines is 1. The van der Waals surface area contributed by atoms with E-state index < -0.39 is 5.82 Å². The lowest BCUT2D eigenvalue weighted by Crippen LogP contribution is -2.21. The summed E-state index contributed by atoms with van der Waals surface area (Å²) in [7, 11) is 0. The second-order valence-electron chi connectivity index (χ2n) is 7.14. The number of fused-ring (bicyclic) bond motifs is 1. The van der Waals surface area contributed by atoms with Crippen LogP contribution in [0.4, 0.5) is 10.1 Å². The third kappa shape index (κ3) is 4.92. The quantitative estimate of drug-likeness (QED) is 0.372. The van der Waals surface area contributed by atoms with Crippen LogP contribution in [0, 0.1) is 5.82 Å². The first-order valence-corrected chi connectivity index (χ1v) is 11.2. The summed E-state index contributed by atoms with van der Waals surface area (Å²) in [6, 6.07) is 11.4. The fourth-order valence-electron chi connectivity index (χ4n) is 3.27. The fraction of sp³-hybridized carbons (Fsp3) is 0.208. The molecule has 3 heterocycles. The molecule has 0 fully saturated rings. The summed E-state index contributed by atoms with van der Waals surface area (Å²) in [6.45, 7) is 7.05. The minimum Gasteiger partial charge on any atom is -0.453 e. The number of hydrogen-bond donors (Lipinski definition) is 1. The molecule has 0 unspecified atom stereocenters. The van der Waals surface area contributed by atoms with Gasteiger partial charge < -0.3 is 10.1 Å². The van der Waals surface area contributed by atoms with Gasteiger partial charge in [-0.1, -0.05) is 13.8 Å². The molecule has 1 N–H and O–H groups in total. The van der Waals surface area contributed by atoms with Crippen LogP contribution in [0.2, 0.25) is 0 Å². The minimum atomic E-state index is -0.570. The van der Waals surface area contributed by atoms with Crippen molar-refractivity contribution in [3.05, 3.63) is 77.3 Å². The molecule has 0 saturated heterocycles. The largest absolute Gasteiger partial charge is 0.453 e. The normalized spacial score (nSPS) is 11.1. The van der Waals surface area contributed by atoms with Crippen LogP contribution in [0.25, 0.3) is 10.2 Å². The number of carbonyl (C=O) groups is 1. The standard InChI is InChI=1S/C24H23FN4O2S/c1-3-29(4-2)15-18-13-20-23(32-18)22(9-11-27-20)31-21-8-7-17(12-19(21)25)28-24(30)16-6-5-10-26-14-16/h5-14H,3-4,15H2,1-2H3,(H,28,30). The highest BCUT2D eigenvalue weighted by atomic mass is 32.1. The summed E-state index contributed by atoms with van der Waals surface area (Å²) in [5.41, 5.74) is 1.56. The van der Waals surface area contributed by atoms with Crippen molar-refractivity contribution in [2.24, 2.45) is 0 Å². The molecule has 1 aromatic carbocycles. The lowest BCUT2D eigenvalue weighted by molar-refractivity contribution is 0.102. The average molecular weight is 451 g/mol. The Bertz CT molecular complexity index is 1230. The van der Waals surface area contributed by atoms with Gasteiger partial charge in [0.2, 0.25) is 0 Å². The van der Waals surface area contributed by atoms with Gasteiger partial charge in [0.15, 0.2) is 11.6 Å². The van der Waals surface area contributed by atoms with Crippen LogP contribution >= 0.6 is 11.3 Å². The van der Waals surface area contributed by atoms with Gasteiger partial charge in [-0.15, -0.1) is 11.3 Å². The number of thiophene rings is 1. The molecule has 0 spiro atoms. The molecule has 4 aromatic rings. The molecule has 4 rings (SSSR count). The average Bonchev–Trinajstić information content (AvgIpc) is 3.23. The minimum absolute atomic E-state index is 0.0792. The number of halogens is 1. The van der Waals surface area contributed by atoms with E-state index >= 15 is 0 Å². The number of nitrogens with zero attached hydrogens (tertiary/aromatic N) is 3. The highest BCUT2D eigenvalue weighted by molar-refractivity contribution is 7.19. The summed E-state index contributed by atoms with van der Waals surface area (Å²) in [5, 5.41) is 2.67. The van der Waals surface area contributed by atoms with Gasteiger partial charge in [-0.05, 0) is 43.4 Å². The molecule has 6 nitrogen and oxygen atoms in total. The Balaban J connectivity index is 1.52. The maximum absolute atomic E-state index is 14.8. The topological polar surface area (TPSA) is 67.3 Å². The van der Waals surface area contributed by atoms with Crippen LogP contribution in [0.15, 0.2) is 61.1 Å². The number of nitrogens with one attached hydrogen (secondary N) is 1. The zero-order valence-corrected chi connectivity index (χ0v) is 18.7. The molecular formula is C24H23FN4O2S. The molecular weight excluding hydrogens is 427 g/mol. The number of pyridine rings is 2. The van der Waals surface area contributed by atoms with E-state index in [9.17, 15) is 9.18 Å². The summed E-state index contributed by atoms with van der Waals surface area (Å²) < 4.78 is 21.5. The maximum atomic E-state index is 14.8. The number of carbonyl (C=O) groups excluding carboxylic acids is 1. The number of ether oxygens (including phenoxy) is 1. The van der Waals surface area contributed by atoms with E-state index in [2.05, 4.69) is 40.1 Å². The van der Waals surface area contributed by atoms with Crippen LogP contribution in [0.5, 0.6) is 11.5 Å². The molecule has 0 atom stereocenters. The second kappa shape index (κ2) is 9.84. The number of hydrogen-bond acceptors (Lipinski definition) is 6. The van der Waals surface area contributed by atoms with E-state index in [-0.39, 0.29) is 11.7 Å². The Hall–Kier alpha value is -3.36. The molecule has 32 heavy (non-hydrogen) atoms. The van der Waals surface area contributed by atoms with Crippen molar-refractivity contribution < 1.29 is 13.9 Å². The van der Waals surface area contributed by atoms with Crippen LogP contribution in [-0.4, -0.2) is 33.9 Å². The lowest BCUT2D eigenvalue weighted by atomic mass is 10.2. The van der Waals surface area contributed by atoms with Crippen LogP contribution < -0.4 is 10.1 Å². The van der Waals surface area contributed by atoms with Crippen molar-refractivity contribution in [3.63, 3.8) is 0 Å². The number of benzene rings is 1. The summed E-state index contributed by atoms with van der Waals surface area (Å²) in [5.74, 6) is -0.299. The Kier molecular flexibility index (Phi) is 6.72. The van der Waals surface area contributed by atoms with Gasteiger partial charge >= 0.3 is 0 Å². The van der Waals surface area contributed by atoms with Crippen molar-refractivity contribution in [3.8, 4) is 11.5 Å². The SMILES string of the molecule is CCN(CC)Cc1cc2nccc(Oc3ccc(NC(=O)c4cccnc4)cc3F)c2s1. The smallest absolute Gasteiger partial charge is 0.257 e. The van der Waals surface area contributed by atoms with E-state index in [0.717, 1.165) is 29.9 Å². The zero-order valence-electron chi connectivity index (χ0n) is 17.8. The predicted molar refractivity (Wildman–Crippen MR) is 125 cm³/mol. The number of amides is 1. The molecule has 1 amide bonds. The Morgan fingerprint density at radius 3 is 2.69 bits per heavy atom. The van der Waals surface area contributed by atoms with Crippen LogP contribution in [0.3, 0.4) is 0 Å². The predicted octanol–water partition coefficient (Wildman–Crippen LogP) is 5.72. The molecule has 0 aliphatic carbocycles. The van der Waals surface area contributed by atoms with Crippen LogP contribution in [-0.2, 0) is 6.54 Å². The van der Waals surface area contributed by atoms with E-state index in [0.29, 0.717) is 17.0 Å². The number of rotatable bonds is 8. The molecule has 0 aliphatic rings. The van der Waals surface area contributed by atoms with Crippen molar-refractivity contribution in [1.29, 1.82) is 0 Å². The molecule has 0 saturated carbocycles. The summed E-state index contributed by atoms with van der Waals surface area (Å²) in [6.07, 6.45) is 4.69. The molecule has 0 aliphatic heterocycles. The van der Waals surface area contributed by atoms with Gasteiger partial charge in [0.1, 0.15) is 5.75 Å². The number of aromatic nitrogens is 2. The van der Waals surface area contributed by atoms with Gasteiger partial charge in [0.05, 0.1) is 15.8 Å². The van der Waals surface area contributed by atoms with Crippen molar-refractivity contribution >= 4 is 33.1 Å². The summed E-state index contributed by atoms with van der Waals surface area (Å²) >= 11 is 1.60. The summed E-state index contributed by atoms with van der Waals surface area (Å²) in [4.78, 5) is 24.1. The highest BCUT2D eigenvalue weighted by Gasteiger charge is 2.14. The molecule has 0 radical (unpaired) electrons. The van der Waals surface area contributed by atoms with Gasteiger partial charge in [0, 0.05) is 47.8 Å². The van der Waals surface area contributed by atoms with Crippen molar-refractivity contribution in [2.45, 2.75) is 20.4 Å². The first-order chi connectivity index (χ1) is 15.6. The zero-order chi connectivity index (χ0) is 22.5. The van der Waals surface area contributed by atoms with E-state index in [1.54, 1.807) is 48.0 Å². The van der Waals surface area contributed by atoms with Crippen LogP contribution in [0.1, 0.15) is 29.1 Å². The van der Waals surface area contributed by atoms with E-state index in [1.165, 1.54) is 23.2 Å². The lowest BCUT2D eigenvalue weighted by Gasteiger charge is -2.16.